The Labute approximate surface area is 204 Å². The number of esters is 1. The van der Waals surface area contributed by atoms with E-state index in [9.17, 15) is 19.3 Å². The number of aliphatic imine (C=N–C) groups is 1. The van der Waals surface area contributed by atoms with Gasteiger partial charge >= 0.3 is 5.97 Å². The zero-order valence-corrected chi connectivity index (χ0v) is 19.3. The molecule has 4 rings (SSSR count). The van der Waals surface area contributed by atoms with Crippen LogP contribution in [0, 0.1) is 22.9 Å². The van der Waals surface area contributed by atoms with Crippen LogP contribution < -0.4 is 9.47 Å². The highest BCUT2D eigenvalue weighted by atomic mass is 35.5. The maximum atomic E-state index is 13.4. The molecule has 1 aliphatic rings. The number of benzene rings is 3. The summed E-state index contributed by atoms with van der Waals surface area (Å²) in [7, 11) is 1.44. The van der Waals surface area contributed by atoms with Crippen LogP contribution in [0.5, 0.6) is 11.5 Å². The Bertz CT molecular complexity index is 1400. The van der Waals surface area contributed by atoms with E-state index in [2.05, 4.69) is 4.99 Å². The normalized spacial score (nSPS) is 14.0. The first-order valence-electron chi connectivity index (χ1n) is 10.3. The molecule has 0 spiro atoms. The number of hydrogen-bond donors (Lipinski definition) is 0. The Kier molecular flexibility index (Phi) is 6.79. The molecule has 0 radical (unpaired) electrons. The minimum atomic E-state index is -0.683. The van der Waals surface area contributed by atoms with Crippen molar-refractivity contribution < 1.29 is 28.3 Å². The number of halogens is 2. The predicted octanol–water partition coefficient (Wildman–Crippen LogP) is 5.63. The number of hydrogen-bond acceptors (Lipinski definition) is 7. The van der Waals surface area contributed by atoms with E-state index in [1.807, 2.05) is 0 Å². The maximum absolute atomic E-state index is 13.4. The molecule has 0 fully saturated rings. The van der Waals surface area contributed by atoms with Gasteiger partial charge in [-0.05, 0) is 60.5 Å². The van der Waals surface area contributed by atoms with Gasteiger partial charge in [-0.3, -0.25) is 10.1 Å². The third-order valence-corrected chi connectivity index (χ3v) is 5.37. The first-order valence-corrected chi connectivity index (χ1v) is 10.7. The molecule has 0 aromatic heterocycles. The van der Waals surface area contributed by atoms with E-state index in [0.29, 0.717) is 28.0 Å². The fourth-order valence-corrected chi connectivity index (χ4v) is 3.70. The monoisotopic (exact) mass is 496 g/mol. The van der Waals surface area contributed by atoms with Crippen molar-refractivity contribution in [3.05, 3.63) is 104 Å². The van der Waals surface area contributed by atoms with Gasteiger partial charge in [-0.15, -0.1) is 0 Å². The zero-order chi connectivity index (χ0) is 25.1. The summed E-state index contributed by atoms with van der Waals surface area (Å²) in [5.41, 5.74) is 1.93. The Morgan fingerprint density at radius 3 is 2.69 bits per heavy atom. The van der Waals surface area contributed by atoms with Crippen molar-refractivity contribution in [3.63, 3.8) is 0 Å². The minimum Gasteiger partial charge on any atom is -0.493 e. The van der Waals surface area contributed by atoms with Crippen LogP contribution in [-0.2, 0) is 16.1 Å². The number of carbonyl (C=O) groups is 1. The first-order chi connectivity index (χ1) is 16.7. The standard InChI is InChI=1S/C25H18ClFN2O6/c1-14-8-17(6-7-21(14)29(31)32)24-28-20(25(30)35-24)11-16-10-19(26)23(22(12-16)33-2)34-13-15-4-3-5-18(27)9-15/h3-12H,13H2,1-2H3/b20-11-. The molecule has 0 bridgehead atoms. The molecule has 35 heavy (non-hydrogen) atoms. The van der Waals surface area contributed by atoms with Gasteiger partial charge in [0.05, 0.1) is 17.1 Å². The van der Waals surface area contributed by atoms with E-state index in [0.717, 1.165) is 0 Å². The Hall–Kier alpha value is -4.24. The molecule has 0 saturated heterocycles. The number of nitro groups is 1. The van der Waals surface area contributed by atoms with Crippen LogP contribution in [0.1, 0.15) is 22.3 Å². The van der Waals surface area contributed by atoms with E-state index < -0.39 is 10.9 Å². The highest BCUT2D eigenvalue weighted by molar-refractivity contribution is 6.32. The molecule has 1 heterocycles. The largest absolute Gasteiger partial charge is 0.493 e. The SMILES string of the molecule is COc1cc(/C=C2\N=C(c3ccc([N+](=O)[O-])c(C)c3)OC2=O)cc(Cl)c1OCc1cccc(F)c1. The lowest BCUT2D eigenvalue weighted by atomic mass is 10.1. The summed E-state index contributed by atoms with van der Waals surface area (Å²) in [6.07, 6.45) is 1.47. The third-order valence-electron chi connectivity index (χ3n) is 5.09. The lowest BCUT2D eigenvalue weighted by Gasteiger charge is -2.13. The molecule has 178 valence electrons. The molecule has 8 nitrogen and oxygen atoms in total. The molecule has 0 aliphatic carbocycles. The first kappa shape index (κ1) is 23.9. The van der Waals surface area contributed by atoms with Crippen molar-refractivity contribution in [1.29, 1.82) is 0 Å². The molecule has 3 aromatic carbocycles. The smallest absolute Gasteiger partial charge is 0.363 e. The number of nitrogens with zero attached hydrogens (tertiary/aromatic N) is 2. The van der Waals surface area contributed by atoms with E-state index in [1.54, 1.807) is 31.2 Å². The van der Waals surface area contributed by atoms with E-state index >= 15 is 0 Å². The molecule has 3 aromatic rings. The third kappa shape index (κ3) is 5.30. The highest BCUT2D eigenvalue weighted by Gasteiger charge is 2.26. The van der Waals surface area contributed by atoms with Crippen LogP contribution in [0.25, 0.3) is 6.08 Å². The van der Waals surface area contributed by atoms with Gasteiger partial charge in [-0.25, -0.2) is 14.2 Å². The van der Waals surface area contributed by atoms with Crippen LogP contribution in [0.3, 0.4) is 0 Å². The van der Waals surface area contributed by atoms with Gasteiger partial charge in [0, 0.05) is 17.2 Å². The number of ether oxygens (including phenoxy) is 3. The summed E-state index contributed by atoms with van der Waals surface area (Å²) in [5, 5.41) is 11.2. The highest BCUT2D eigenvalue weighted by Crippen LogP contribution is 2.38. The summed E-state index contributed by atoms with van der Waals surface area (Å²) in [6, 6.07) is 13.5. The average Bonchev–Trinajstić information content (AvgIpc) is 3.17. The number of carbonyl (C=O) groups excluding carboxylic acids is 1. The Morgan fingerprint density at radius 1 is 1.20 bits per heavy atom. The van der Waals surface area contributed by atoms with Crippen molar-refractivity contribution in [2.75, 3.05) is 7.11 Å². The van der Waals surface area contributed by atoms with Crippen molar-refractivity contribution in [2.24, 2.45) is 4.99 Å². The minimum absolute atomic E-state index is 0.0163. The number of aryl methyl sites for hydroxylation is 1. The molecule has 0 amide bonds. The molecular formula is C25H18ClFN2O6. The van der Waals surface area contributed by atoms with Crippen LogP contribution in [0.15, 0.2) is 65.3 Å². The van der Waals surface area contributed by atoms with Crippen molar-refractivity contribution in [3.8, 4) is 11.5 Å². The zero-order valence-electron chi connectivity index (χ0n) is 18.6. The van der Waals surface area contributed by atoms with E-state index in [1.165, 1.54) is 43.5 Å². The predicted molar refractivity (Wildman–Crippen MR) is 127 cm³/mol. The van der Waals surface area contributed by atoms with Crippen LogP contribution in [0.4, 0.5) is 10.1 Å². The van der Waals surface area contributed by atoms with E-state index in [4.69, 9.17) is 25.8 Å². The second kappa shape index (κ2) is 9.94. The second-order valence-corrected chi connectivity index (χ2v) is 7.95. The van der Waals surface area contributed by atoms with Crippen LogP contribution >= 0.6 is 11.6 Å². The summed E-state index contributed by atoms with van der Waals surface area (Å²) < 4.78 is 29.8. The van der Waals surface area contributed by atoms with Crippen molar-refractivity contribution in [1.82, 2.24) is 0 Å². The summed E-state index contributed by atoms with van der Waals surface area (Å²) in [5.74, 6) is -0.453. The van der Waals surface area contributed by atoms with Gasteiger partial charge in [0.15, 0.2) is 17.2 Å². The van der Waals surface area contributed by atoms with Gasteiger partial charge in [-0.1, -0.05) is 23.7 Å². The summed E-state index contributed by atoms with van der Waals surface area (Å²) >= 11 is 6.40. The molecule has 0 atom stereocenters. The van der Waals surface area contributed by atoms with Gasteiger partial charge in [0.25, 0.3) is 5.69 Å². The van der Waals surface area contributed by atoms with Gasteiger partial charge in [0.1, 0.15) is 12.4 Å². The Morgan fingerprint density at radius 2 is 2.00 bits per heavy atom. The Balaban J connectivity index is 1.59. The van der Waals surface area contributed by atoms with Crippen molar-refractivity contribution >= 4 is 35.2 Å². The lowest BCUT2D eigenvalue weighted by Crippen LogP contribution is -2.06. The molecule has 10 heteroatoms. The number of cyclic esters (lactones) is 1. The van der Waals surface area contributed by atoms with Crippen LogP contribution in [-0.4, -0.2) is 23.9 Å². The average molecular weight is 497 g/mol. The fourth-order valence-electron chi connectivity index (χ4n) is 3.43. The number of rotatable bonds is 7. The quantitative estimate of drug-likeness (QED) is 0.182. The fraction of sp³-hybridized carbons (Fsp3) is 0.120. The molecule has 0 N–H and O–H groups in total. The summed E-state index contributed by atoms with van der Waals surface area (Å²) in [6.45, 7) is 1.66. The van der Waals surface area contributed by atoms with Gasteiger partial charge in [0.2, 0.25) is 5.90 Å². The number of methoxy groups -OCH3 is 1. The maximum Gasteiger partial charge on any atom is 0.363 e. The number of nitro benzene ring substituents is 1. The lowest BCUT2D eigenvalue weighted by molar-refractivity contribution is -0.385. The topological polar surface area (TPSA) is 100 Å². The van der Waals surface area contributed by atoms with Gasteiger partial charge in [-0.2, -0.15) is 0 Å². The molecule has 0 saturated carbocycles. The molecular weight excluding hydrogens is 479 g/mol. The summed E-state index contributed by atoms with van der Waals surface area (Å²) in [4.78, 5) is 27.1. The van der Waals surface area contributed by atoms with Gasteiger partial charge < -0.3 is 14.2 Å². The second-order valence-electron chi connectivity index (χ2n) is 7.55. The van der Waals surface area contributed by atoms with E-state index in [-0.39, 0.29) is 40.5 Å². The van der Waals surface area contributed by atoms with Crippen LogP contribution in [0.2, 0.25) is 5.02 Å². The molecule has 0 unspecified atom stereocenters. The molecule has 1 aliphatic heterocycles. The van der Waals surface area contributed by atoms with Crippen molar-refractivity contribution in [2.45, 2.75) is 13.5 Å².